The van der Waals surface area contributed by atoms with E-state index in [2.05, 4.69) is 20.6 Å². The first kappa shape index (κ1) is 17.1. The molecule has 0 radical (unpaired) electrons. The maximum absolute atomic E-state index is 13.7. The Morgan fingerprint density at radius 2 is 1.70 bits per heavy atom. The van der Waals surface area contributed by atoms with E-state index in [1.165, 1.54) is 6.07 Å². The van der Waals surface area contributed by atoms with E-state index in [4.69, 9.17) is 12.2 Å². The largest absolute Gasteiger partial charge is 0.338 e. The van der Waals surface area contributed by atoms with Gasteiger partial charge in [-0.05, 0) is 60.7 Å². The summed E-state index contributed by atoms with van der Waals surface area (Å²) in [4.78, 5) is 7.83. The number of imidazole rings is 1. The Morgan fingerprint density at radius 1 is 0.926 bits per heavy atom. The molecule has 0 atom stereocenters. The van der Waals surface area contributed by atoms with E-state index in [0.717, 1.165) is 40.2 Å². The van der Waals surface area contributed by atoms with E-state index in [1.807, 2.05) is 48.5 Å². The summed E-state index contributed by atoms with van der Waals surface area (Å²) in [5, 5.41) is 5.88. The molecule has 4 nitrogen and oxygen atoms in total. The second kappa shape index (κ2) is 7.13. The number of halogens is 2. The highest BCUT2D eigenvalue weighted by Gasteiger charge is 2.07. The van der Waals surface area contributed by atoms with Crippen molar-refractivity contribution in [2.75, 3.05) is 10.6 Å². The van der Waals surface area contributed by atoms with Crippen molar-refractivity contribution >= 4 is 39.7 Å². The van der Waals surface area contributed by atoms with Crippen LogP contribution in [-0.2, 0) is 0 Å². The molecule has 0 saturated carbocycles. The molecule has 27 heavy (non-hydrogen) atoms. The second-order valence-electron chi connectivity index (χ2n) is 5.88. The van der Waals surface area contributed by atoms with Gasteiger partial charge >= 0.3 is 0 Å². The van der Waals surface area contributed by atoms with Gasteiger partial charge in [0, 0.05) is 17.3 Å². The minimum absolute atomic E-state index is 0.104. The van der Waals surface area contributed by atoms with Gasteiger partial charge in [0.1, 0.15) is 17.5 Å². The fourth-order valence-corrected chi connectivity index (χ4v) is 2.90. The van der Waals surface area contributed by atoms with E-state index >= 15 is 0 Å². The van der Waals surface area contributed by atoms with Gasteiger partial charge in [0.05, 0.1) is 16.7 Å². The minimum atomic E-state index is -0.709. The van der Waals surface area contributed by atoms with Gasteiger partial charge in [-0.25, -0.2) is 13.8 Å². The molecule has 0 aliphatic heterocycles. The van der Waals surface area contributed by atoms with Gasteiger partial charge in [0.2, 0.25) is 0 Å². The summed E-state index contributed by atoms with van der Waals surface area (Å²) in [5.74, 6) is -0.575. The molecular formula is C20H14F2N4S. The van der Waals surface area contributed by atoms with Gasteiger partial charge in [-0.1, -0.05) is 12.1 Å². The molecule has 1 aromatic heterocycles. The lowest BCUT2D eigenvalue weighted by Gasteiger charge is -2.11. The monoisotopic (exact) mass is 380 g/mol. The molecular weight excluding hydrogens is 366 g/mol. The Morgan fingerprint density at radius 3 is 2.44 bits per heavy atom. The van der Waals surface area contributed by atoms with Crippen LogP contribution in [0.5, 0.6) is 0 Å². The van der Waals surface area contributed by atoms with Crippen LogP contribution in [-0.4, -0.2) is 15.1 Å². The number of para-hydroxylation sites is 2. The van der Waals surface area contributed by atoms with E-state index in [0.29, 0.717) is 0 Å². The number of aromatic nitrogens is 2. The summed E-state index contributed by atoms with van der Waals surface area (Å²) in [6, 6.07) is 18.6. The third kappa shape index (κ3) is 3.78. The van der Waals surface area contributed by atoms with Gasteiger partial charge in [0.25, 0.3) is 0 Å². The van der Waals surface area contributed by atoms with Gasteiger partial charge in [0.15, 0.2) is 5.11 Å². The zero-order valence-electron chi connectivity index (χ0n) is 14.0. The molecule has 0 unspecified atom stereocenters. The second-order valence-corrected chi connectivity index (χ2v) is 6.29. The van der Waals surface area contributed by atoms with Crippen molar-refractivity contribution in [2.24, 2.45) is 0 Å². The average molecular weight is 380 g/mol. The summed E-state index contributed by atoms with van der Waals surface area (Å²) in [6.45, 7) is 0. The first-order chi connectivity index (χ1) is 13.1. The SMILES string of the molecule is Fc1ccc(NC(=S)Nc2ccc(-c3nc4ccccc4[nH]3)cc2)c(F)c1. The molecule has 0 aliphatic rings. The number of nitrogens with zero attached hydrogens (tertiary/aromatic N) is 1. The normalized spacial score (nSPS) is 10.7. The van der Waals surface area contributed by atoms with Gasteiger partial charge in [-0.2, -0.15) is 0 Å². The van der Waals surface area contributed by atoms with Gasteiger partial charge in [-0.3, -0.25) is 0 Å². The van der Waals surface area contributed by atoms with E-state index in [9.17, 15) is 8.78 Å². The minimum Gasteiger partial charge on any atom is -0.338 e. The molecule has 0 saturated heterocycles. The van der Waals surface area contributed by atoms with Crippen molar-refractivity contribution in [3.8, 4) is 11.4 Å². The van der Waals surface area contributed by atoms with Crippen molar-refractivity contribution in [1.29, 1.82) is 0 Å². The van der Waals surface area contributed by atoms with Crippen LogP contribution in [0, 0.1) is 11.6 Å². The van der Waals surface area contributed by atoms with Crippen LogP contribution in [0.4, 0.5) is 20.2 Å². The van der Waals surface area contributed by atoms with Crippen LogP contribution in [0.15, 0.2) is 66.7 Å². The highest BCUT2D eigenvalue weighted by molar-refractivity contribution is 7.80. The van der Waals surface area contributed by atoms with Crippen molar-refractivity contribution < 1.29 is 8.78 Å². The summed E-state index contributed by atoms with van der Waals surface area (Å²) in [7, 11) is 0. The van der Waals surface area contributed by atoms with Crippen molar-refractivity contribution in [2.45, 2.75) is 0 Å². The number of H-pyrrole nitrogens is 1. The Hall–Kier alpha value is -3.32. The first-order valence-electron chi connectivity index (χ1n) is 8.17. The lowest BCUT2D eigenvalue weighted by Crippen LogP contribution is -2.19. The molecule has 7 heteroatoms. The Kier molecular flexibility index (Phi) is 4.52. The molecule has 0 aliphatic carbocycles. The maximum atomic E-state index is 13.7. The fourth-order valence-electron chi connectivity index (χ4n) is 2.68. The van der Waals surface area contributed by atoms with Crippen molar-refractivity contribution in [1.82, 2.24) is 9.97 Å². The predicted molar refractivity (Wildman–Crippen MR) is 108 cm³/mol. The Balaban J connectivity index is 1.46. The number of anilines is 2. The van der Waals surface area contributed by atoms with Gasteiger partial charge in [-0.15, -0.1) is 0 Å². The zero-order valence-corrected chi connectivity index (χ0v) is 14.8. The van der Waals surface area contributed by atoms with E-state index in [1.54, 1.807) is 0 Å². The Bertz CT molecular complexity index is 1090. The maximum Gasteiger partial charge on any atom is 0.175 e. The van der Waals surface area contributed by atoms with Crippen molar-refractivity contribution in [3.05, 3.63) is 78.4 Å². The zero-order chi connectivity index (χ0) is 18.8. The quantitative estimate of drug-likeness (QED) is 0.421. The summed E-state index contributed by atoms with van der Waals surface area (Å²) in [5.41, 5.74) is 3.64. The summed E-state index contributed by atoms with van der Waals surface area (Å²) in [6.07, 6.45) is 0. The van der Waals surface area contributed by atoms with Gasteiger partial charge < -0.3 is 15.6 Å². The van der Waals surface area contributed by atoms with Crippen LogP contribution in [0.2, 0.25) is 0 Å². The predicted octanol–water partition coefficient (Wildman–Crippen LogP) is 5.32. The molecule has 0 bridgehead atoms. The molecule has 4 rings (SSSR count). The van der Waals surface area contributed by atoms with Crippen LogP contribution >= 0.6 is 12.2 Å². The number of rotatable bonds is 3. The number of aromatic amines is 1. The molecule has 0 amide bonds. The number of hydrogen-bond acceptors (Lipinski definition) is 2. The molecule has 4 aromatic rings. The third-order valence-corrected chi connectivity index (χ3v) is 4.19. The molecule has 0 fully saturated rings. The highest BCUT2D eigenvalue weighted by Crippen LogP contribution is 2.22. The first-order valence-corrected chi connectivity index (χ1v) is 8.57. The lowest BCUT2D eigenvalue weighted by atomic mass is 10.2. The fraction of sp³-hybridized carbons (Fsp3) is 0. The summed E-state index contributed by atoms with van der Waals surface area (Å²) < 4.78 is 26.6. The number of nitrogens with one attached hydrogen (secondary N) is 3. The molecule has 3 N–H and O–H groups in total. The topological polar surface area (TPSA) is 52.7 Å². The lowest BCUT2D eigenvalue weighted by molar-refractivity contribution is 0.586. The summed E-state index contributed by atoms with van der Waals surface area (Å²) >= 11 is 5.18. The number of fused-ring (bicyclic) bond motifs is 1. The van der Waals surface area contributed by atoms with Crippen LogP contribution < -0.4 is 10.6 Å². The van der Waals surface area contributed by atoms with Crippen molar-refractivity contribution in [3.63, 3.8) is 0 Å². The van der Waals surface area contributed by atoms with E-state index in [-0.39, 0.29) is 10.8 Å². The smallest absolute Gasteiger partial charge is 0.175 e. The van der Waals surface area contributed by atoms with Crippen LogP contribution in [0.3, 0.4) is 0 Å². The Labute approximate surface area is 159 Å². The number of hydrogen-bond donors (Lipinski definition) is 3. The molecule has 134 valence electrons. The standard InChI is InChI=1S/C20H14F2N4S/c21-13-7-10-16(15(22)11-13)26-20(27)23-14-8-5-12(6-9-14)19-24-17-3-1-2-4-18(17)25-19/h1-11H,(H,24,25)(H2,23,26,27). The number of benzene rings is 3. The third-order valence-electron chi connectivity index (χ3n) is 3.98. The number of thiocarbonyl (C=S) groups is 1. The van der Waals surface area contributed by atoms with E-state index < -0.39 is 11.6 Å². The highest BCUT2D eigenvalue weighted by atomic mass is 32.1. The van der Waals surface area contributed by atoms with Crippen LogP contribution in [0.1, 0.15) is 0 Å². The van der Waals surface area contributed by atoms with Crippen LogP contribution in [0.25, 0.3) is 22.4 Å². The molecule has 0 spiro atoms. The molecule has 1 heterocycles. The molecule has 3 aromatic carbocycles. The average Bonchev–Trinajstić information content (AvgIpc) is 3.09.